The van der Waals surface area contributed by atoms with E-state index in [1.807, 2.05) is 6.08 Å². The highest BCUT2D eigenvalue weighted by atomic mass is 79.9. The van der Waals surface area contributed by atoms with Gasteiger partial charge in [-0.25, -0.2) is 0 Å². The normalized spacial score (nSPS) is 36.5. The predicted molar refractivity (Wildman–Crippen MR) is 72.8 cm³/mol. The van der Waals surface area contributed by atoms with Gasteiger partial charge in [0.25, 0.3) is 0 Å². The summed E-state index contributed by atoms with van der Waals surface area (Å²) in [6, 6.07) is 0. The van der Waals surface area contributed by atoms with Gasteiger partial charge in [-0.3, -0.25) is 0 Å². The lowest BCUT2D eigenvalue weighted by molar-refractivity contribution is -0.0864. The molecule has 3 atom stereocenters. The summed E-state index contributed by atoms with van der Waals surface area (Å²) in [7, 11) is 0. The smallest absolute Gasteiger partial charge is 0.132 e. The van der Waals surface area contributed by atoms with Crippen LogP contribution in [-0.4, -0.2) is 15.9 Å². The zero-order valence-corrected chi connectivity index (χ0v) is 12.5. The van der Waals surface area contributed by atoms with Crippen molar-refractivity contribution >= 4 is 31.9 Å². The Labute approximate surface area is 110 Å². The molecule has 0 spiro atoms. The van der Waals surface area contributed by atoms with Gasteiger partial charge in [0.2, 0.25) is 0 Å². The SMILES string of the molecule is C=CCCC[C@H]1O[C@](Br)(CBr)CC[C@H]1C. The highest BCUT2D eigenvalue weighted by molar-refractivity contribution is 9.12. The molecule has 1 heterocycles. The molecule has 1 aliphatic rings. The van der Waals surface area contributed by atoms with E-state index in [1.54, 1.807) is 0 Å². The second kappa shape index (κ2) is 6.41. The molecule has 0 amide bonds. The van der Waals surface area contributed by atoms with Crippen LogP contribution >= 0.6 is 31.9 Å². The van der Waals surface area contributed by atoms with Crippen LogP contribution in [0.4, 0.5) is 0 Å². The summed E-state index contributed by atoms with van der Waals surface area (Å²) in [6.07, 6.45) is 8.15. The molecule has 0 aromatic rings. The molecular formula is C12H20Br2O. The number of hydrogen-bond acceptors (Lipinski definition) is 1. The van der Waals surface area contributed by atoms with E-state index in [4.69, 9.17) is 4.74 Å². The third kappa shape index (κ3) is 4.20. The molecule has 1 saturated heterocycles. The zero-order chi connectivity index (χ0) is 11.3. The Hall–Kier alpha value is 0.660. The highest BCUT2D eigenvalue weighted by Crippen LogP contribution is 2.39. The van der Waals surface area contributed by atoms with E-state index in [-0.39, 0.29) is 4.51 Å². The molecule has 1 rings (SSSR count). The molecule has 1 nitrogen and oxygen atoms in total. The number of hydrogen-bond donors (Lipinski definition) is 0. The molecule has 3 heteroatoms. The number of allylic oxidation sites excluding steroid dienone is 1. The Balaban J connectivity index is 2.42. The Morgan fingerprint density at radius 1 is 1.60 bits per heavy atom. The third-order valence-corrected chi connectivity index (χ3v) is 5.59. The maximum absolute atomic E-state index is 6.12. The minimum Gasteiger partial charge on any atom is -0.359 e. The van der Waals surface area contributed by atoms with Gasteiger partial charge in [0, 0.05) is 5.33 Å². The second-order valence-corrected chi connectivity index (χ2v) is 6.41. The zero-order valence-electron chi connectivity index (χ0n) is 9.35. The minimum atomic E-state index is -0.127. The van der Waals surface area contributed by atoms with Crippen molar-refractivity contribution in [3.8, 4) is 0 Å². The fourth-order valence-electron chi connectivity index (χ4n) is 1.98. The number of halogens is 2. The average Bonchev–Trinajstić information content (AvgIpc) is 2.24. The predicted octanol–water partition coefficient (Wildman–Crippen LogP) is 4.64. The molecule has 0 bridgehead atoms. The van der Waals surface area contributed by atoms with Crippen LogP contribution in [-0.2, 0) is 4.74 Å². The van der Waals surface area contributed by atoms with Crippen LogP contribution in [0.2, 0.25) is 0 Å². The van der Waals surface area contributed by atoms with Gasteiger partial charge >= 0.3 is 0 Å². The number of rotatable bonds is 5. The maximum atomic E-state index is 6.12. The molecule has 0 aliphatic carbocycles. The fraction of sp³-hybridized carbons (Fsp3) is 0.833. The van der Waals surface area contributed by atoms with Crippen LogP contribution < -0.4 is 0 Å². The lowest BCUT2D eigenvalue weighted by atomic mass is 9.90. The second-order valence-electron chi connectivity index (χ2n) is 4.41. The van der Waals surface area contributed by atoms with Gasteiger partial charge in [0.15, 0.2) is 0 Å². The van der Waals surface area contributed by atoms with Crippen LogP contribution in [0.3, 0.4) is 0 Å². The van der Waals surface area contributed by atoms with Gasteiger partial charge < -0.3 is 4.74 Å². The van der Waals surface area contributed by atoms with Gasteiger partial charge in [-0.1, -0.05) is 44.9 Å². The van der Waals surface area contributed by atoms with Crippen molar-refractivity contribution in [1.29, 1.82) is 0 Å². The summed E-state index contributed by atoms with van der Waals surface area (Å²) in [6.45, 7) is 6.04. The quantitative estimate of drug-likeness (QED) is 0.402. The van der Waals surface area contributed by atoms with Crippen LogP contribution in [0.25, 0.3) is 0 Å². The van der Waals surface area contributed by atoms with Gasteiger partial charge in [0.1, 0.15) is 4.51 Å². The van der Waals surface area contributed by atoms with E-state index in [1.165, 1.54) is 12.8 Å². The average molecular weight is 340 g/mol. The van der Waals surface area contributed by atoms with Crippen LogP contribution in [0.1, 0.15) is 39.0 Å². The van der Waals surface area contributed by atoms with E-state index in [0.717, 1.165) is 24.6 Å². The first-order chi connectivity index (χ1) is 7.11. The van der Waals surface area contributed by atoms with Gasteiger partial charge in [-0.05, 0) is 38.0 Å². The fourth-order valence-corrected chi connectivity index (χ4v) is 2.86. The van der Waals surface area contributed by atoms with Gasteiger partial charge in [0.05, 0.1) is 6.10 Å². The number of alkyl halides is 2. The molecule has 0 saturated carbocycles. The summed E-state index contributed by atoms with van der Waals surface area (Å²) in [5.41, 5.74) is 0. The van der Waals surface area contributed by atoms with E-state index in [2.05, 4.69) is 45.4 Å². The van der Waals surface area contributed by atoms with Gasteiger partial charge in [-0.2, -0.15) is 0 Å². The third-order valence-electron chi connectivity index (χ3n) is 3.07. The molecule has 1 fully saturated rings. The molecule has 88 valence electrons. The lowest BCUT2D eigenvalue weighted by Gasteiger charge is -2.40. The van der Waals surface area contributed by atoms with Crippen molar-refractivity contribution in [1.82, 2.24) is 0 Å². The molecule has 0 radical (unpaired) electrons. The van der Waals surface area contributed by atoms with Gasteiger partial charge in [-0.15, -0.1) is 6.58 Å². The summed E-state index contributed by atoms with van der Waals surface area (Å²) >= 11 is 7.19. The van der Waals surface area contributed by atoms with Crippen molar-refractivity contribution in [2.45, 2.75) is 49.6 Å². The minimum absolute atomic E-state index is 0.127. The Bertz CT molecular complexity index is 208. The van der Waals surface area contributed by atoms with Crippen molar-refractivity contribution in [3.63, 3.8) is 0 Å². The van der Waals surface area contributed by atoms with E-state index in [9.17, 15) is 0 Å². The highest BCUT2D eigenvalue weighted by Gasteiger charge is 2.37. The summed E-state index contributed by atoms with van der Waals surface area (Å²) in [4.78, 5) is 0. The summed E-state index contributed by atoms with van der Waals surface area (Å²) < 4.78 is 5.99. The molecule has 15 heavy (non-hydrogen) atoms. The van der Waals surface area contributed by atoms with E-state index in [0.29, 0.717) is 12.0 Å². The van der Waals surface area contributed by atoms with E-state index < -0.39 is 0 Å². The van der Waals surface area contributed by atoms with Crippen molar-refractivity contribution in [2.24, 2.45) is 5.92 Å². The maximum Gasteiger partial charge on any atom is 0.132 e. The first-order valence-electron chi connectivity index (χ1n) is 5.65. The summed E-state index contributed by atoms with van der Waals surface area (Å²) in [5, 5.41) is 0.866. The first kappa shape index (κ1) is 13.7. The van der Waals surface area contributed by atoms with Crippen LogP contribution in [0, 0.1) is 5.92 Å². The monoisotopic (exact) mass is 338 g/mol. The standard InChI is InChI=1S/C12H20Br2O/c1-3-4-5-6-11-10(2)7-8-12(14,9-13)15-11/h3,10-11H,1,4-9H2,2H3/t10-,11-,12+/m1/s1. The molecule has 0 N–H and O–H groups in total. The molecule has 1 aliphatic heterocycles. The number of ether oxygens (including phenoxy) is 1. The molecule has 0 unspecified atom stereocenters. The van der Waals surface area contributed by atoms with Crippen molar-refractivity contribution in [3.05, 3.63) is 12.7 Å². The molecule has 0 aromatic carbocycles. The van der Waals surface area contributed by atoms with Crippen molar-refractivity contribution in [2.75, 3.05) is 5.33 Å². The Kier molecular flexibility index (Phi) is 5.86. The Morgan fingerprint density at radius 2 is 2.33 bits per heavy atom. The molecule has 0 aromatic heterocycles. The first-order valence-corrected chi connectivity index (χ1v) is 7.56. The molecular weight excluding hydrogens is 320 g/mol. The van der Waals surface area contributed by atoms with Crippen LogP contribution in [0.5, 0.6) is 0 Å². The summed E-state index contributed by atoms with van der Waals surface area (Å²) in [5.74, 6) is 0.680. The van der Waals surface area contributed by atoms with Crippen molar-refractivity contribution < 1.29 is 4.74 Å². The van der Waals surface area contributed by atoms with Crippen LogP contribution in [0.15, 0.2) is 12.7 Å². The largest absolute Gasteiger partial charge is 0.359 e. The number of unbranched alkanes of at least 4 members (excludes halogenated alkanes) is 1. The van der Waals surface area contributed by atoms with E-state index >= 15 is 0 Å². The topological polar surface area (TPSA) is 9.23 Å². The Morgan fingerprint density at radius 3 is 2.93 bits per heavy atom. The lowest BCUT2D eigenvalue weighted by Crippen LogP contribution is -2.41.